The topological polar surface area (TPSA) is 42.4 Å². The maximum Gasteiger partial charge on any atom is 0.273 e. The van der Waals surface area contributed by atoms with Crippen molar-refractivity contribution >= 4 is 17.2 Å². The molecule has 0 N–H and O–H groups in total. The van der Waals surface area contributed by atoms with Crippen molar-refractivity contribution in [3.8, 4) is 5.75 Å². The molecule has 0 radical (unpaired) electrons. The van der Waals surface area contributed by atoms with Gasteiger partial charge in [-0.25, -0.2) is 9.37 Å². The van der Waals surface area contributed by atoms with Crippen LogP contribution in [0.2, 0.25) is 0 Å². The first-order valence-electron chi connectivity index (χ1n) is 5.69. The first-order valence-corrected chi connectivity index (χ1v) is 6.63. The Bertz CT molecular complexity index is 528. The number of halogens is 1. The quantitative estimate of drug-likeness (QED) is 0.844. The van der Waals surface area contributed by atoms with E-state index in [4.69, 9.17) is 4.74 Å². The fraction of sp³-hybridized carbons (Fsp3) is 0.231. The number of ether oxygens (including phenoxy) is 1. The number of thiazole rings is 1. The molecule has 1 aromatic heterocycles. The van der Waals surface area contributed by atoms with E-state index in [2.05, 4.69) is 4.98 Å². The van der Waals surface area contributed by atoms with Crippen LogP contribution in [0.4, 0.5) is 4.39 Å². The summed E-state index contributed by atoms with van der Waals surface area (Å²) < 4.78 is 18.1. The minimum Gasteiger partial charge on any atom is -0.492 e. The average molecular weight is 280 g/mol. The second kappa shape index (κ2) is 6.29. The molecule has 2 rings (SSSR count). The van der Waals surface area contributed by atoms with Crippen LogP contribution in [0.3, 0.4) is 0 Å². The SMILES string of the molecule is CN(CCOc1ccc(F)cc1)C(=O)c1cscn1. The van der Waals surface area contributed by atoms with Crippen LogP contribution in [0.25, 0.3) is 0 Å². The molecule has 1 amide bonds. The molecule has 0 atom stereocenters. The Kier molecular flexibility index (Phi) is 4.46. The van der Waals surface area contributed by atoms with Gasteiger partial charge in [0.05, 0.1) is 12.1 Å². The predicted molar refractivity (Wildman–Crippen MR) is 71.0 cm³/mol. The number of aromatic nitrogens is 1. The zero-order chi connectivity index (χ0) is 13.7. The van der Waals surface area contributed by atoms with Crippen LogP contribution in [0.15, 0.2) is 35.2 Å². The van der Waals surface area contributed by atoms with Gasteiger partial charge in [0.15, 0.2) is 0 Å². The van der Waals surface area contributed by atoms with Gasteiger partial charge in [-0.1, -0.05) is 0 Å². The molecule has 0 aliphatic heterocycles. The fourth-order valence-electron chi connectivity index (χ4n) is 1.45. The molecule has 0 aliphatic rings. The van der Waals surface area contributed by atoms with Gasteiger partial charge in [-0.05, 0) is 24.3 Å². The summed E-state index contributed by atoms with van der Waals surface area (Å²) in [5.41, 5.74) is 2.06. The molecule has 0 spiro atoms. The maximum atomic E-state index is 12.7. The van der Waals surface area contributed by atoms with Crippen LogP contribution >= 0.6 is 11.3 Å². The third-order valence-electron chi connectivity index (χ3n) is 2.51. The van der Waals surface area contributed by atoms with Gasteiger partial charge < -0.3 is 9.64 Å². The highest BCUT2D eigenvalue weighted by Crippen LogP contribution is 2.11. The molecule has 100 valence electrons. The summed E-state index contributed by atoms with van der Waals surface area (Å²) in [4.78, 5) is 17.4. The number of rotatable bonds is 5. The van der Waals surface area contributed by atoms with E-state index in [9.17, 15) is 9.18 Å². The fourth-order valence-corrected chi connectivity index (χ4v) is 1.97. The van der Waals surface area contributed by atoms with Crippen LogP contribution in [-0.2, 0) is 0 Å². The van der Waals surface area contributed by atoms with Gasteiger partial charge in [0.25, 0.3) is 5.91 Å². The van der Waals surface area contributed by atoms with Crippen molar-refractivity contribution in [2.75, 3.05) is 20.2 Å². The summed E-state index contributed by atoms with van der Waals surface area (Å²) in [7, 11) is 1.69. The van der Waals surface area contributed by atoms with Crippen molar-refractivity contribution in [2.45, 2.75) is 0 Å². The standard InChI is InChI=1S/C13H13FN2O2S/c1-16(13(17)12-8-19-9-15-12)6-7-18-11-4-2-10(14)3-5-11/h2-5,8-9H,6-7H2,1H3. The Morgan fingerprint density at radius 2 is 2.16 bits per heavy atom. The molecule has 0 aliphatic carbocycles. The molecule has 1 aromatic carbocycles. The van der Waals surface area contributed by atoms with Crippen LogP contribution in [0.5, 0.6) is 5.75 Å². The molecule has 0 saturated carbocycles. The van der Waals surface area contributed by atoms with E-state index in [1.54, 1.807) is 35.0 Å². The van der Waals surface area contributed by atoms with E-state index in [1.165, 1.54) is 23.5 Å². The predicted octanol–water partition coefficient (Wildman–Crippen LogP) is 2.43. The van der Waals surface area contributed by atoms with Crippen LogP contribution in [0.1, 0.15) is 10.5 Å². The molecule has 4 nitrogen and oxygen atoms in total. The number of hydrogen-bond donors (Lipinski definition) is 0. The summed E-state index contributed by atoms with van der Waals surface area (Å²) in [6.45, 7) is 0.783. The number of hydrogen-bond acceptors (Lipinski definition) is 4. The molecule has 0 fully saturated rings. The second-order valence-electron chi connectivity index (χ2n) is 3.90. The third kappa shape index (κ3) is 3.75. The Hall–Kier alpha value is -1.95. The molecule has 0 bridgehead atoms. The van der Waals surface area contributed by atoms with Crippen molar-refractivity contribution in [3.63, 3.8) is 0 Å². The van der Waals surface area contributed by atoms with Gasteiger partial charge in [-0.3, -0.25) is 4.79 Å². The monoisotopic (exact) mass is 280 g/mol. The molecule has 0 saturated heterocycles. The minimum atomic E-state index is -0.303. The average Bonchev–Trinajstić information content (AvgIpc) is 2.94. The van der Waals surface area contributed by atoms with Crippen molar-refractivity contribution in [1.82, 2.24) is 9.88 Å². The molecular formula is C13H13FN2O2S. The highest BCUT2D eigenvalue weighted by atomic mass is 32.1. The van der Waals surface area contributed by atoms with E-state index < -0.39 is 0 Å². The van der Waals surface area contributed by atoms with E-state index >= 15 is 0 Å². The van der Waals surface area contributed by atoms with Crippen molar-refractivity contribution in [2.24, 2.45) is 0 Å². The van der Waals surface area contributed by atoms with Crippen molar-refractivity contribution < 1.29 is 13.9 Å². The lowest BCUT2D eigenvalue weighted by atomic mass is 10.3. The summed E-state index contributed by atoms with van der Waals surface area (Å²) in [5.74, 6) is 0.142. The van der Waals surface area contributed by atoms with Gasteiger partial charge in [-0.15, -0.1) is 11.3 Å². The number of carbonyl (C=O) groups excluding carboxylic acids is 1. The highest BCUT2D eigenvalue weighted by Gasteiger charge is 2.13. The summed E-state index contributed by atoms with van der Waals surface area (Å²) in [6, 6.07) is 5.77. The summed E-state index contributed by atoms with van der Waals surface area (Å²) in [6.07, 6.45) is 0. The van der Waals surface area contributed by atoms with Gasteiger partial charge in [0.1, 0.15) is 23.9 Å². The van der Waals surface area contributed by atoms with E-state index in [0.717, 1.165) is 0 Å². The normalized spacial score (nSPS) is 10.2. The van der Waals surface area contributed by atoms with Gasteiger partial charge in [-0.2, -0.15) is 0 Å². The zero-order valence-corrected chi connectivity index (χ0v) is 11.2. The highest BCUT2D eigenvalue weighted by molar-refractivity contribution is 7.07. The first-order chi connectivity index (χ1) is 9.16. The Labute approximate surface area is 114 Å². The zero-order valence-electron chi connectivity index (χ0n) is 10.4. The molecular weight excluding hydrogens is 267 g/mol. The van der Waals surface area contributed by atoms with Crippen LogP contribution in [0, 0.1) is 5.82 Å². The lowest BCUT2D eigenvalue weighted by Crippen LogP contribution is -2.31. The van der Waals surface area contributed by atoms with E-state index in [0.29, 0.717) is 24.6 Å². The smallest absolute Gasteiger partial charge is 0.273 e. The minimum absolute atomic E-state index is 0.135. The first kappa shape index (κ1) is 13.5. The number of carbonyl (C=O) groups is 1. The Balaban J connectivity index is 1.79. The number of amides is 1. The van der Waals surface area contributed by atoms with Crippen molar-refractivity contribution in [3.05, 3.63) is 46.7 Å². The molecule has 1 heterocycles. The largest absolute Gasteiger partial charge is 0.492 e. The molecule has 2 aromatic rings. The molecule has 0 unspecified atom stereocenters. The number of likely N-dealkylation sites (N-methyl/N-ethyl adjacent to an activating group) is 1. The molecule has 19 heavy (non-hydrogen) atoms. The lowest BCUT2D eigenvalue weighted by molar-refractivity contribution is 0.0769. The second-order valence-corrected chi connectivity index (χ2v) is 4.62. The molecule has 6 heteroatoms. The Morgan fingerprint density at radius 1 is 1.42 bits per heavy atom. The van der Waals surface area contributed by atoms with E-state index in [-0.39, 0.29) is 11.7 Å². The number of benzene rings is 1. The Morgan fingerprint density at radius 3 is 2.79 bits per heavy atom. The van der Waals surface area contributed by atoms with Crippen LogP contribution in [-0.4, -0.2) is 36.0 Å². The summed E-state index contributed by atoms with van der Waals surface area (Å²) in [5, 5.41) is 1.71. The van der Waals surface area contributed by atoms with Crippen molar-refractivity contribution in [1.29, 1.82) is 0 Å². The van der Waals surface area contributed by atoms with Crippen LogP contribution < -0.4 is 4.74 Å². The van der Waals surface area contributed by atoms with E-state index in [1.807, 2.05) is 0 Å². The number of nitrogens with zero attached hydrogens (tertiary/aromatic N) is 2. The third-order valence-corrected chi connectivity index (χ3v) is 3.09. The van der Waals surface area contributed by atoms with Gasteiger partial charge in [0.2, 0.25) is 0 Å². The van der Waals surface area contributed by atoms with Gasteiger partial charge >= 0.3 is 0 Å². The lowest BCUT2D eigenvalue weighted by Gasteiger charge is -2.16. The van der Waals surface area contributed by atoms with Gasteiger partial charge in [0, 0.05) is 12.4 Å². The maximum absolute atomic E-state index is 12.7. The summed E-state index contributed by atoms with van der Waals surface area (Å²) >= 11 is 1.38.